The van der Waals surface area contributed by atoms with Crippen LogP contribution in [-0.2, 0) is 10.0 Å². The number of nitro groups is 1. The molecule has 0 aliphatic rings. The lowest BCUT2D eigenvalue weighted by atomic mass is 10.1. The number of halogens is 3. The maximum absolute atomic E-state index is 12.1. The van der Waals surface area contributed by atoms with E-state index in [0.717, 1.165) is 12.1 Å². The molecule has 0 aliphatic carbocycles. The zero-order valence-corrected chi connectivity index (χ0v) is 10.3. The van der Waals surface area contributed by atoms with Gasteiger partial charge in [0.15, 0.2) is 0 Å². The van der Waals surface area contributed by atoms with Crippen LogP contribution < -0.4 is 4.72 Å². The van der Waals surface area contributed by atoms with Crippen LogP contribution >= 0.6 is 0 Å². The molecule has 0 fully saturated rings. The number of hydrogen-bond donors (Lipinski definition) is 1. The van der Waals surface area contributed by atoms with Gasteiger partial charge in [0.25, 0.3) is 5.69 Å². The van der Waals surface area contributed by atoms with Gasteiger partial charge in [-0.05, 0) is 12.5 Å². The Balaban J connectivity index is 2.91. The molecule has 1 atom stereocenters. The second kappa shape index (κ2) is 5.13. The minimum Gasteiger partial charge on any atom is -0.258 e. The van der Waals surface area contributed by atoms with Crippen LogP contribution in [0.1, 0.15) is 18.5 Å². The number of non-ortho nitro benzene ring substituents is 1. The Morgan fingerprint density at radius 1 is 1.26 bits per heavy atom. The first kappa shape index (κ1) is 15.4. The van der Waals surface area contributed by atoms with Gasteiger partial charge in [0.1, 0.15) is 0 Å². The van der Waals surface area contributed by atoms with Crippen molar-refractivity contribution in [3.8, 4) is 0 Å². The molecule has 0 aliphatic heterocycles. The maximum atomic E-state index is 12.1. The van der Waals surface area contributed by atoms with Crippen LogP contribution in [-0.4, -0.2) is 18.8 Å². The minimum absolute atomic E-state index is 0.179. The average molecular weight is 298 g/mol. The molecule has 106 valence electrons. The summed E-state index contributed by atoms with van der Waals surface area (Å²) in [7, 11) is -5.46. The third kappa shape index (κ3) is 3.64. The van der Waals surface area contributed by atoms with Crippen LogP contribution in [0.15, 0.2) is 24.3 Å². The van der Waals surface area contributed by atoms with E-state index in [-0.39, 0.29) is 11.3 Å². The molecule has 1 aromatic carbocycles. The van der Waals surface area contributed by atoms with E-state index in [0.29, 0.717) is 0 Å². The van der Waals surface area contributed by atoms with Gasteiger partial charge in [0.05, 0.1) is 4.92 Å². The molecular formula is C9H9F3N2O4S. The fourth-order valence-corrected chi connectivity index (χ4v) is 1.99. The van der Waals surface area contributed by atoms with Crippen molar-refractivity contribution in [2.24, 2.45) is 0 Å². The van der Waals surface area contributed by atoms with E-state index in [1.165, 1.54) is 23.8 Å². The third-order valence-corrected chi connectivity index (χ3v) is 3.51. The van der Waals surface area contributed by atoms with Crippen molar-refractivity contribution in [2.75, 3.05) is 0 Å². The molecule has 1 aromatic rings. The Hall–Kier alpha value is -1.68. The van der Waals surface area contributed by atoms with Gasteiger partial charge in [-0.25, -0.2) is 13.1 Å². The highest BCUT2D eigenvalue weighted by Crippen LogP contribution is 2.25. The first-order valence-electron chi connectivity index (χ1n) is 4.87. The Bertz CT molecular complexity index is 568. The van der Waals surface area contributed by atoms with Crippen molar-refractivity contribution in [3.05, 3.63) is 39.9 Å². The summed E-state index contributed by atoms with van der Waals surface area (Å²) in [5.74, 6) is 0. The summed E-state index contributed by atoms with van der Waals surface area (Å²) >= 11 is 0. The Labute approximate surface area is 106 Å². The lowest BCUT2D eigenvalue weighted by Crippen LogP contribution is -2.37. The van der Waals surface area contributed by atoms with Crippen LogP contribution in [0.3, 0.4) is 0 Å². The van der Waals surface area contributed by atoms with E-state index in [1.54, 1.807) is 0 Å². The topological polar surface area (TPSA) is 89.3 Å². The second-order valence-electron chi connectivity index (χ2n) is 3.64. The zero-order chi connectivity index (χ0) is 14.8. The smallest absolute Gasteiger partial charge is 0.258 e. The minimum atomic E-state index is -5.46. The standard InChI is InChI=1S/C9H9F3N2O4S/c1-6(13-19(17,18)9(10,11)12)7-2-4-8(5-3-7)14(15)16/h2-6,13H,1H3/t6-/m1/s1. The van der Waals surface area contributed by atoms with Crippen LogP contribution in [0.2, 0.25) is 0 Å². The quantitative estimate of drug-likeness (QED) is 0.681. The number of nitrogens with zero attached hydrogens (tertiary/aromatic N) is 1. The highest BCUT2D eigenvalue weighted by molar-refractivity contribution is 7.90. The molecule has 0 saturated carbocycles. The largest absolute Gasteiger partial charge is 0.511 e. The van der Waals surface area contributed by atoms with Gasteiger partial charge >= 0.3 is 15.5 Å². The molecule has 1 N–H and O–H groups in total. The van der Waals surface area contributed by atoms with Crippen molar-refractivity contribution in [3.63, 3.8) is 0 Å². The number of nitrogens with one attached hydrogen (secondary N) is 1. The van der Waals surface area contributed by atoms with Gasteiger partial charge < -0.3 is 0 Å². The molecule has 1 rings (SSSR count). The van der Waals surface area contributed by atoms with Crippen molar-refractivity contribution < 1.29 is 26.5 Å². The van der Waals surface area contributed by atoms with Crippen molar-refractivity contribution >= 4 is 15.7 Å². The Morgan fingerprint density at radius 3 is 2.11 bits per heavy atom. The lowest BCUT2D eigenvalue weighted by Gasteiger charge is -2.15. The molecule has 0 radical (unpaired) electrons. The summed E-state index contributed by atoms with van der Waals surface area (Å²) in [6, 6.07) is 3.36. The summed E-state index contributed by atoms with van der Waals surface area (Å²) in [6.07, 6.45) is 0. The van der Waals surface area contributed by atoms with Crippen LogP contribution in [0, 0.1) is 10.1 Å². The van der Waals surface area contributed by atoms with E-state index in [9.17, 15) is 31.7 Å². The number of alkyl halides is 3. The van der Waals surface area contributed by atoms with E-state index >= 15 is 0 Å². The number of rotatable bonds is 4. The molecule has 10 heteroatoms. The van der Waals surface area contributed by atoms with Gasteiger partial charge in [0.2, 0.25) is 0 Å². The van der Waals surface area contributed by atoms with E-state index in [4.69, 9.17) is 0 Å². The molecular weight excluding hydrogens is 289 g/mol. The monoisotopic (exact) mass is 298 g/mol. The predicted octanol–water partition coefficient (Wildman–Crippen LogP) is 2.09. The van der Waals surface area contributed by atoms with Gasteiger partial charge in [-0.2, -0.15) is 13.2 Å². The van der Waals surface area contributed by atoms with Crippen molar-refractivity contribution in [2.45, 2.75) is 18.5 Å². The molecule has 0 amide bonds. The van der Waals surface area contributed by atoms with E-state index in [1.807, 2.05) is 0 Å². The summed E-state index contributed by atoms with van der Waals surface area (Å²) in [6.45, 7) is 1.20. The van der Waals surface area contributed by atoms with Gasteiger partial charge in [-0.1, -0.05) is 12.1 Å². The fraction of sp³-hybridized carbons (Fsp3) is 0.333. The molecule has 6 nitrogen and oxygen atoms in total. The van der Waals surface area contributed by atoms with E-state index in [2.05, 4.69) is 0 Å². The molecule has 0 saturated heterocycles. The number of hydrogen-bond acceptors (Lipinski definition) is 4. The van der Waals surface area contributed by atoms with E-state index < -0.39 is 26.5 Å². The Kier molecular flexibility index (Phi) is 4.15. The van der Waals surface area contributed by atoms with Gasteiger partial charge in [-0.15, -0.1) is 0 Å². The number of benzene rings is 1. The lowest BCUT2D eigenvalue weighted by molar-refractivity contribution is -0.384. The molecule has 0 spiro atoms. The zero-order valence-electron chi connectivity index (χ0n) is 9.51. The maximum Gasteiger partial charge on any atom is 0.511 e. The summed E-state index contributed by atoms with van der Waals surface area (Å²) in [5, 5.41) is 10.4. The van der Waals surface area contributed by atoms with Crippen molar-refractivity contribution in [1.29, 1.82) is 0 Å². The number of nitro benzene ring substituents is 1. The summed E-state index contributed by atoms with van der Waals surface area (Å²) in [5.41, 5.74) is -5.46. The fourth-order valence-electron chi connectivity index (χ4n) is 1.25. The van der Waals surface area contributed by atoms with Crippen LogP contribution in [0.4, 0.5) is 18.9 Å². The normalized spacial score (nSPS) is 14.1. The molecule has 19 heavy (non-hydrogen) atoms. The van der Waals surface area contributed by atoms with Gasteiger partial charge in [-0.3, -0.25) is 10.1 Å². The molecule has 0 aromatic heterocycles. The summed E-state index contributed by atoms with van der Waals surface area (Å²) < 4.78 is 59.6. The highest BCUT2D eigenvalue weighted by atomic mass is 32.2. The Morgan fingerprint density at radius 2 is 1.74 bits per heavy atom. The number of sulfonamides is 1. The SMILES string of the molecule is C[C@@H](NS(=O)(=O)C(F)(F)F)c1ccc([N+](=O)[O-])cc1. The first-order valence-corrected chi connectivity index (χ1v) is 6.36. The van der Waals surface area contributed by atoms with Crippen LogP contribution in [0.25, 0.3) is 0 Å². The van der Waals surface area contributed by atoms with Crippen molar-refractivity contribution in [1.82, 2.24) is 4.72 Å². The predicted molar refractivity (Wildman–Crippen MR) is 59.6 cm³/mol. The third-order valence-electron chi connectivity index (χ3n) is 2.24. The second-order valence-corrected chi connectivity index (χ2v) is 5.34. The molecule has 0 bridgehead atoms. The summed E-state index contributed by atoms with van der Waals surface area (Å²) in [4.78, 5) is 9.72. The van der Waals surface area contributed by atoms with Crippen LogP contribution in [0.5, 0.6) is 0 Å². The molecule has 0 heterocycles. The van der Waals surface area contributed by atoms with Gasteiger partial charge in [0, 0.05) is 18.2 Å². The highest BCUT2D eigenvalue weighted by Gasteiger charge is 2.46. The molecule has 0 unspecified atom stereocenters. The average Bonchev–Trinajstić information content (AvgIpc) is 2.27. The first-order chi connectivity index (χ1) is 8.54.